The second-order valence-electron chi connectivity index (χ2n) is 8.13. The third-order valence-electron chi connectivity index (χ3n) is 6.79. The van der Waals surface area contributed by atoms with Gasteiger partial charge in [0.05, 0.1) is 12.2 Å². The van der Waals surface area contributed by atoms with Gasteiger partial charge >= 0.3 is 0 Å². The average molecular weight is 328 g/mol. The van der Waals surface area contributed by atoms with Crippen LogP contribution in [0.4, 0.5) is 5.69 Å². The molecule has 3 unspecified atom stereocenters. The Labute approximate surface area is 151 Å². The minimum Gasteiger partial charge on any atom is -0.351 e. The van der Waals surface area contributed by atoms with Crippen molar-refractivity contribution >= 4 is 5.69 Å². The Kier molecular flexibility index (Phi) is 3.20. The van der Waals surface area contributed by atoms with Crippen LogP contribution in [-0.2, 0) is 0 Å². The summed E-state index contributed by atoms with van der Waals surface area (Å²) in [7, 11) is 0. The Balaban J connectivity index is 1.79. The van der Waals surface area contributed by atoms with Gasteiger partial charge in [-0.1, -0.05) is 49.6 Å². The first kappa shape index (κ1) is 13.0. The van der Waals surface area contributed by atoms with E-state index in [9.17, 15) is 0 Å². The second-order valence-corrected chi connectivity index (χ2v) is 8.13. The number of rotatable bonds is 2. The number of hydrogen-bond acceptors (Lipinski definition) is 2. The summed E-state index contributed by atoms with van der Waals surface area (Å²) in [6.45, 7) is 4.49. The first-order valence-corrected chi connectivity index (χ1v) is 9.57. The quantitative estimate of drug-likeness (QED) is 0.695. The van der Waals surface area contributed by atoms with Crippen LogP contribution in [0, 0.1) is 12.8 Å². The lowest BCUT2D eigenvalue weighted by atomic mass is 9.75. The molecule has 2 fully saturated rings. The molecule has 1 aromatic carbocycles. The largest absolute Gasteiger partial charge is 0.351 e. The first-order chi connectivity index (χ1) is 12.7. The zero-order valence-electron chi connectivity index (χ0n) is 18.2. The smallest absolute Gasteiger partial charge is 0.0808 e. The molecule has 0 amide bonds. The highest BCUT2D eigenvalue weighted by molar-refractivity contribution is 5.57. The maximum Gasteiger partial charge on any atom is 0.0808 e. The molecule has 0 bridgehead atoms. The van der Waals surface area contributed by atoms with Gasteiger partial charge in [-0.05, 0) is 58.0 Å². The minimum atomic E-state index is -2.06. The van der Waals surface area contributed by atoms with Crippen molar-refractivity contribution in [3.8, 4) is 0 Å². The summed E-state index contributed by atoms with van der Waals surface area (Å²) < 4.78 is 25.3. The van der Waals surface area contributed by atoms with Gasteiger partial charge in [0, 0.05) is 21.4 Å². The maximum atomic E-state index is 8.43. The van der Waals surface area contributed by atoms with Crippen LogP contribution in [0.2, 0.25) is 0 Å². The van der Waals surface area contributed by atoms with Crippen LogP contribution in [0.5, 0.6) is 0 Å². The normalized spacial score (nSPS) is 39.5. The van der Waals surface area contributed by atoms with Crippen LogP contribution >= 0.6 is 0 Å². The topological polar surface area (TPSA) is 6.48 Å². The highest BCUT2D eigenvalue weighted by atomic mass is 15.5. The molecule has 4 rings (SSSR count). The number of benzene rings is 1. The zero-order valence-corrected chi connectivity index (χ0v) is 15.2. The number of aryl methyl sites for hydroxylation is 1. The average Bonchev–Trinajstić information content (AvgIpc) is 3.13. The predicted molar refractivity (Wildman–Crippen MR) is 102 cm³/mol. The van der Waals surface area contributed by atoms with E-state index in [1.54, 1.807) is 0 Å². The van der Waals surface area contributed by atoms with Crippen LogP contribution in [0.3, 0.4) is 0 Å². The Hall–Kier alpha value is -1.28. The fraction of sp³-hybridized carbons (Fsp3) is 0.636. The number of fused-ring (bicyclic) bond motifs is 1. The van der Waals surface area contributed by atoms with Gasteiger partial charge in [0.2, 0.25) is 0 Å². The molecule has 0 spiro atoms. The lowest BCUT2D eigenvalue weighted by Gasteiger charge is -2.45. The summed E-state index contributed by atoms with van der Waals surface area (Å²) in [4.78, 5) is 4.52. The van der Waals surface area contributed by atoms with Gasteiger partial charge in [-0.15, -0.1) is 0 Å². The number of nitrogens with zero attached hydrogens (tertiary/aromatic N) is 2. The molecule has 24 heavy (non-hydrogen) atoms. The summed E-state index contributed by atoms with van der Waals surface area (Å²) in [5, 5.41) is 0. The van der Waals surface area contributed by atoms with Gasteiger partial charge in [0.1, 0.15) is 0 Å². The van der Waals surface area contributed by atoms with E-state index in [2.05, 4.69) is 54.9 Å². The first-order valence-electron chi connectivity index (χ1n) is 11.1. The lowest BCUT2D eigenvalue weighted by Crippen LogP contribution is -2.53. The van der Waals surface area contributed by atoms with Gasteiger partial charge in [-0.3, -0.25) is 4.90 Å². The van der Waals surface area contributed by atoms with Crippen LogP contribution in [0.15, 0.2) is 36.4 Å². The van der Waals surface area contributed by atoms with Crippen LogP contribution in [-0.4, -0.2) is 28.7 Å². The molecule has 0 radical (unpaired) electrons. The Morgan fingerprint density at radius 3 is 2.62 bits per heavy atom. The van der Waals surface area contributed by atoms with E-state index < -0.39 is 13.0 Å². The summed E-state index contributed by atoms with van der Waals surface area (Å²) in [6.07, 6.45) is 10.3. The van der Waals surface area contributed by atoms with Crippen LogP contribution in [0.1, 0.15) is 62.5 Å². The predicted octanol–water partition coefficient (Wildman–Crippen LogP) is 5.13. The van der Waals surface area contributed by atoms with Crippen molar-refractivity contribution in [3.63, 3.8) is 0 Å². The highest BCUT2D eigenvalue weighted by Gasteiger charge is 2.54. The van der Waals surface area contributed by atoms with Crippen molar-refractivity contribution < 1.29 is 4.11 Å². The molecule has 3 aliphatic rings. The molecule has 1 aliphatic carbocycles. The van der Waals surface area contributed by atoms with Crippen molar-refractivity contribution in [1.82, 2.24) is 4.90 Å². The van der Waals surface area contributed by atoms with Crippen molar-refractivity contribution in [2.45, 2.75) is 83.5 Å². The van der Waals surface area contributed by atoms with E-state index in [0.717, 1.165) is 11.3 Å². The second kappa shape index (κ2) is 5.91. The van der Waals surface area contributed by atoms with Crippen molar-refractivity contribution in [2.75, 3.05) is 4.90 Å². The SMILES string of the molecule is [2H]C([2H])([2H])C1N(c2ccccc2C)[C@@H](C)C2C=CC(C)(C3CCCCC3)N21. The molecular formula is C22H32N2. The minimum absolute atomic E-state index is 0.137. The van der Waals surface area contributed by atoms with Crippen LogP contribution in [0.25, 0.3) is 0 Å². The monoisotopic (exact) mass is 327 g/mol. The van der Waals surface area contributed by atoms with E-state index in [-0.39, 0.29) is 17.6 Å². The molecular weight excluding hydrogens is 292 g/mol. The van der Waals surface area contributed by atoms with Crippen molar-refractivity contribution in [3.05, 3.63) is 42.0 Å². The molecule has 0 N–H and O–H groups in total. The molecule has 2 nitrogen and oxygen atoms in total. The van der Waals surface area contributed by atoms with E-state index in [1.165, 1.54) is 32.1 Å². The molecule has 4 atom stereocenters. The van der Waals surface area contributed by atoms with Gasteiger partial charge < -0.3 is 4.90 Å². The van der Waals surface area contributed by atoms with Crippen LogP contribution < -0.4 is 4.90 Å². The van der Waals surface area contributed by atoms with Crippen molar-refractivity contribution in [1.29, 1.82) is 0 Å². The standard InChI is InChI=1S/C22H32N2/c1-16-10-8-9-13-20(16)23-17(2)21-14-15-22(4,24(21)18(23)3)19-11-6-5-7-12-19/h8-10,13-15,17-19,21H,5-7,11-12H2,1-4H3/t17-,18?,21?,22?/m0/s1/i3D3. The van der Waals surface area contributed by atoms with Gasteiger partial charge in [-0.25, -0.2) is 0 Å². The maximum absolute atomic E-state index is 8.43. The Bertz CT molecular complexity index is 723. The fourth-order valence-corrected chi connectivity index (χ4v) is 5.37. The fourth-order valence-electron chi connectivity index (χ4n) is 5.37. The van der Waals surface area contributed by atoms with E-state index in [1.807, 2.05) is 12.1 Å². The molecule has 1 saturated carbocycles. The molecule has 2 heteroatoms. The zero-order chi connectivity index (χ0) is 19.4. The summed E-state index contributed by atoms with van der Waals surface area (Å²) in [5.41, 5.74) is 2.03. The molecule has 130 valence electrons. The molecule has 1 aromatic rings. The van der Waals surface area contributed by atoms with Crippen molar-refractivity contribution in [2.24, 2.45) is 5.92 Å². The third kappa shape index (κ3) is 2.26. The summed E-state index contributed by atoms with van der Waals surface area (Å²) in [6, 6.07) is 8.50. The highest BCUT2D eigenvalue weighted by Crippen LogP contribution is 2.48. The molecule has 2 aliphatic heterocycles. The van der Waals surface area contributed by atoms with Gasteiger partial charge in [-0.2, -0.15) is 0 Å². The lowest BCUT2D eigenvalue weighted by molar-refractivity contribution is 0.0573. The van der Waals surface area contributed by atoms with Gasteiger partial charge in [0.25, 0.3) is 0 Å². The van der Waals surface area contributed by atoms with E-state index in [4.69, 9.17) is 4.11 Å². The number of anilines is 1. The Morgan fingerprint density at radius 1 is 1.17 bits per heavy atom. The number of para-hydroxylation sites is 1. The van der Waals surface area contributed by atoms with E-state index in [0.29, 0.717) is 5.92 Å². The van der Waals surface area contributed by atoms with E-state index >= 15 is 0 Å². The molecule has 1 saturated heterocycles. The van der Waals surface area contributed by atoms with Gasteiger partial charge in [0.15, 0.2) is 0 Å². The number of hydrogen-bond donors (Lipinski definition) is 0. The summed E-state index contributed by atoms with van der Waals surface area (Å²) in [5.74, 6) is 0.543. The Morgan fingerprint density at radius 2 is 1.92 bits per heavy atom. The molecule has 2 heterocycles. The molecule has 0 aromatic heterocycles. The summed E-state index contributed by atoms with van der Waals surface area (Å²) >= 11 is 0. The third-order valence-corrected chi connectivity index (χ3v) is 6.79.